The molecule has 6 nitrogen and oxygen atoms in total. The molecule has 2 atom stereocenters. The highest BCUT2D eigenvalue weighted by atomic mass is 35.5. The number of fused-ring (bicyclic) bond motifs is 2. The molecule has 2 aliphatic rings. The Morgan fingerprint density at radius 3 is 2.36 bits per heavy atom. The summed E-state index contributed by atoms with van der Waals surface area (Å²) in [7, 11) is -3.27. The number of carbonyl (C=O) groups is 1. The summed E-state index contributed by atoms with van der Waals surface area (Å²) < 4.78 is 22.8. The number of anilines is 1. The van der Waals surface area contributed by atoms with Gasteiger partial charge in [0, 0.05) is 40.5 Å². The molecule has 2 fully saturated rings. The quantitative estimate of drug-likeness (QED) is 0.533. The first-order valence-corrected chi connectivity index (χ1v) is 14.3. The highest BCUT2D eigenvalue weighted by molar-refractivity contribution is 8.01. The predicted octanol–water partition coefficient (Wildman–Crippen LogP) is 4.98. The summed E-state index contributed by atoms with van der Waals surface area (Å²) in [5.41, 5.74) is 0. The molecule has 0 saturated carbocycles. The zero-order chi connectivity index (χ0) is 24.0. The van der Waals surface area contributed by atoms with E-state index in [4.69, 9.17) is 23.2 Å². The maximum absolute atomic E-state index is 13.1. The molecule has 3 heterocycles. The van der Waals surface area contributed by atoms with E-state index in [2.05, 4.69) is 15.2 Å². The number of amides is 1. The SMILES string of the molecule is CC(C)(Sc1ccc(Cl)cc1Cl)C(=O)NC1CC2CCC(C1)N2c1ccc(S(C)(=O)=O)cn1. The van der Waals surface area contributed by atoms with Gasteiger partial charge in [0.25, 0.3) is 0 Å². The molecule has 2 saturated heterocycles. The Balaban J connectivity index is 1.41. The van der Waals surface area contributed by atoms with E-state index in [0.29, 0.717) is 10.0 Å². The van der Waals surface area contributed by atoms with E-state index in [1.807, 2.05) is 19.9 Å². The van der Waals surface area contributed by atoms with Gasteiger partial charge in [-0.1, -0.05) is 23.2 Å². The van der Waals surface area contributed by atoms with E-state index in [-0.39, 0.29) is 28.9 Å². The third-order valence-electron chi connectivity index (χ3n) is 6.29. The number of rotatable bonds is 6. The number of halogens is 2. The van der Waals surface area contributed by atoms with Crippen LogP contribution in [0.5, 0.6) is 0 Å². The molecule has 0 spiro atoms. The van der Waals surface area contributed by atoms with Crippen LogP contribution in [0.4, 0.5) is 5.82 Å². The zero-order valence-electron chi connectivity index (χ0n) is 18.7. The molecule has 2 unspecified atom stereocenters. The van der Waals surface area contributed by atoms with Crippen LogP contribution in [-0.4, -0.2) is 48.4 Å². The van der Waals surface area contributed by atoms with Gasteiger partial charge in [-0.15, -0.1) is 11.8 Å². The van der Waals surface area contributed by atoms with E-state index < -0.39 is 14.6 Å². The lowest BCUT2D eigenvalue weighted by molar-refractivity contribution is -0.123. The Hall–Kier alpha value is -1.48. The van der Waals surface area contributed by atoms with Crippen molar-refractivity contribution in [3.8, 4) is 0 Å². The van der Waals surface area contributed by atoms with Crippen LogP contribution in [0, 0.1) is 0 Å². The lowest BCUT2D eigenvalue weighted by atomic mass is 9.96. The number of hydrogen-bond donors (Lipinski definition) is 1. The average Bonchev–Trinajstić information content (AvgIpc) is 3.00. The molecule has 33 heavy (non-hydrogen) atoms. The van der Waals surface area contributed by atoms with Crippen LogP contribution >= 0.6 is 35.0 Å². The molecule has 4 rings (SSSR count). The smallest absolute Gasteiger partial charge is 0.236 e. The number of carbonyl (C=O) groups excluding carboxylic acids is 1. The molecule has 178 valence electrons. The van der Waals surface area contributed by atoms with Gasteiger partial charge < -0.3 is 10.2 Å². The molecule has 0 radical (unpaired) electrons. The van der Waals surface area contributed by atoms with Gasteiger partial charge in [-0.3, -0.25) is 4.79 Å². The number of piperidine rings is 1. The first-order valence-electron chi connectivity index (χ1n) is 10.8. The maximum Gasteiger partial charge on any atom is 0.236 e. The lowest BCUT2D eigenvalue weighted by Gasteiger charge is -2.40. The van der Waals surface area contributed by atoms with E-state index in [0.717, 1.165) is 36.4 Å². The number of nitrogens with zero attached hydrogens (tertiary/aromatic N) is 2. The van der Waals surface area contributed by atoms with Gasteiger partial charge >= 0.3 is 0 Å². The van der Waals surface area contributed by atoms with Crippen molar-refractivity contribution in [1.29, 1.82) is 0 Å². The molecule has 1 aromatic heterocycles. The fourth-order valence-corrected chi connectivity index (χ4v) is 6.73. The van der Waals surface area contributed by atoms with E-state index >= 15 is 0 Å². The number of hydrogen-bond acceptors (Lipinski definition) is 6. The molecular formula is C23H27Cl2N3O3S2. The zero-order valence-corrected chi connectivity index (χ0v) is 21.9. The third-order valence-corrected chi connectivity index (χ3v) is 9.32. The summed E-state index contributed by atoms with van der Waals surface area (Å²) in [5.74, 6) is 0.778. The van der Waals surface area contributed by atoms with Crippen molar-refractivity contribution in [3.63, 3.8) is 0 Å². The van der Waals surface area contributed by atoms with Crippen LogP contribution < -0.4 is 10.2 Å². The molecule has 1 N–H and O–H groups in total. The van der Waals surface area contributed by atoms with Crippen molar-refractivity contribution in [3.05, 3.63) is 46.6 Å². The maximum atomic E-state index is 13.1. The number of sulfone groups is 1. The minimum atomic E-state index is -3.27. The van der Waals surface area contributed by atoms with Crippen LogP contribution in [0.2, 0.25) is 10.0 Å². The number of aromatic nitrogens is 1. The average molecular weight is 529 g/mol. The highest BCUT2D eigenvalue weighted by Crippen LogP contribution is 2.41. The van der Waals surface area contributed by atoms with Crippen molar-refractivity contribution in [1.82, 2.24) is 10.3 Å². The Morgan fingerprint density at radius 2 is 1.82 bits per heavy atom. The summed E-state index contributed by atoms with van der Waals surface area (Å²) in [4.78, 5) is 20.9. The Labute approximate surface area is 209 Å². The van der Waals surface area contributed by atoms with Crippen molar-refractivity contribution in [2.45, 2.75) is 72.2 Å². The summed E-state index contributed by atoms with van der Waals surface area (Å²) in [6.45, 7) is 3.80. The molecular weight excluding hydrogens is 501 g/mol. The minimum Gasteiger partial charge on any atom is -0.352 e. The highest BCUT2D eigenvalue weighted by Gasteiger charge is 2.43. The fourth-order valence-electron chi connectivity index (χ4n) is 4.65. The summed E-state index contributed by atoms with van der Waals surface area (Å²) in [6.07, 6.45) is 6.35. The second-order valence-corrected chi connectivity index (χ2v) is 13.8. The summed E-state index contributed by atoms with van der Waals surface area (Å²) in [6, 6.07) is 9.33. The summed E-state index contributed by atoms with van der Waals surface area (Å²) in [5, 5.41) is 4.36. The van der Waals surface area contributed by atoms with Crippen molar-refractivity contribution >= 4 is 56.5 Å². The van der Waals surface area contributed by atoms with Crippen LogP contribution in [-0.2, 0) is 14.6 Å². The van der Waals surface area contributed by atoms with Crippen LogP contribution in [0.25, 0.3) is 0 Å². The van der Waals surface area contributed by atoms with Gasteiger partial charge in [-0.25, -0.2) is 13.4 Å². The first kappa shape index (κ1) is 24.6. The van der Waals surface area contributed by atoms with E-state index in [1.165, 1.54) is 24.2 Å². The van der Waals surface area contributed by atoms with Gasteiger partial charge in [0.15, 0.2) is 9.84 Å². The topological polar surface area (TPSA) is 79.4 Å². The monoisotopic (exact) mass is 527 g/mol. The first-order chi connectivity index (χ1) is 15.4. The van der Waals surface area contributed by atoms with Crippen LogP contribution in [0.1, 0.15) is 39.5 Å². The van der Waals surface area contributed by atoms with Crippen LogP contribution in [0.3, 0.4) is 0 Å². The van der Waals surface area contributed by atoms with E-state index in [9.17, 15) is 13.2 Å². The Bertz CT molecular complexity index is 1140. The fraction of sp³-hybridized carbons (Fsp3) is 0.478. The largest absolute Gasteiger partial charge is 0.352 e. The molecule has 1 aromatic carbocycles. The third kappa shape index (κ3) is 5.45. The molecule has 1 amide bonds. The normalized spacial score (nSPS) is 22.9. The number of nitrogens with one attached hydrogen (secondary N) is 1. The van der Waals surface area contributed by atoms with Gasteiger partial charge in [-0.05, 0) is 69.9 Å². The minimum absolute atomic E-state index is 0.0213. The van der Waals surface area contributed by atoms with Gasteiger partial charge in [0.05, 0.1) is 14.7 Å². The Morgan fingerprint density at radius 1 is 1.15 bits per heavy atom. The van der Waals surface area contributed by atoms with Crippen molar-refractivity contribution in [2.75, 3.05) is 11.2 Å². The number of pyridine rings is 1. The Kier molecular flexibility index (Phi) is 6.93. The lowest BCUT2D eigenvalue weighted by Crippen LogP contribution is -2.53. The van der Waals surface area contributed by atoms with Crippen LogP contribution in [0.15, 0.2) is 46.3 Å². The van der Waals surface area contributed by atoms with Gasteiger partial charge in [0.1, 0.15) is 5.82 Å². The van der Waals surface area contributed by atoms with Gasteiger partial charge in [-0.2, -0.15) is 0 Å². The second kappa shape index (κ2) is 9.29. The molecule has 0 aliphatic carbocycles. The van der Waals surface area contributed by atoms with Crippen molar-refractivity contribution < 1.29 is 13.2 Å². The molecule has 10 heteroatoms. The van der Waals surface area contributed by atoms with Crippen molar-refractivity contribution in [2.24, 2.45) is 0 Å². The molecule has 2 aromatic rings. The van der Waals surface area contributed by atoms with E-state index in [1.54, 1.807) is 24.3 Å². The molecule has 2 bridgehead atoms. The van der Waals surface area contributed by atoms with Gasteiger partial charge in [0.2, 0.25) is 5.91 Å². The summed E-state index contributed by atoms with van der Waals surface area (Å²) >= 11 is 13.7. The number of thioether (sulfide) groups is 1. The number of benzene rings is 1. The second-order valence-electron chi connectivity index (χ2n) is 9.25. The predicted molar refractivity (Wildman–Crippen MR) is 134 cm³/mol. The molecule has 2 aliphatic heterocycles. The standard InChI is InChI=1S/C23H27Cl2N3O3S2/c1-23(2,32-20-8-4-14(24)10-19(20)25)22(29)27-15-11-16-5-6-17(12-15)28(16)21-9-7-18(13-26-21)33(3,30)31/h4,7-10,13,15-17H,5-6,11-12H2,1-3H3,(H,27,29).